The van der Waals surface area contributed by atoms with Gasteiger partial charge in [-0.2, -0.15) is 0 Å². The number of rotatable bonds is 2. The second-order valence-electron chi connectivity index (χ2n) is 3.24. The summed E-state index contributed by atoms with van der Waals surface area (Å²) in [4.78, 5) is 4.44. The first-order valence-electron chi connectivity index (χ1n) is 4.80. The van der Waals surface area contributed by atoms with Gasteiger partial charge in [0, 0.05) is 17.1 Å². The summed E-state index contributed by atoms with van der Waals surface area (Å²) in [6.45, 7) is 4.66. The first-order valence-corrected chi connectivity index (χ1v) is 4.80. The summed E-state index contributed by atoms with van der Waals surface area (Å²) in [5.41, 5.74) is 2.03. The number of ether oxygens (including phenoxy) is 1. The molecule has 1 heterocycles. The highest BCUT2D eigenvalue weighted by atomic mass is 16.5. The third-order valence-corrected chi connectivity index (χ3v) is 2.11. The monoisotopic (exact) mass is 187 g/mol. The van der Waals surface area contributed by atoms with Gasteiger partial charge in [-0.15, -0.1) is 0 Å². The Balaban J connectivity index is 2.52. The Morgan fingerprint density at radius 2 is 2.00 bits per heavy atom. The molecule has 0 saturated carbocycles. The molecule has 0 spiro atoms. The van der Waals surface area contributed by atoms with Gasteiger partial charge in [-0.1, -0.05) is 6.07 Å². The highest BCUT2D eigenvalue weighted by Gasteiger charge is 1.97. The van der Waals surface area contributed by atoms with Gasteiger partial charge in [0.05, 0.1) is 12.1 Å². The molecule has 0 N–H and O–H groups in total. The highest BCUT2D eigenvalue weighted by molar-refractivity contribution is 5.80. The maximum atomic E-state index is 5.41. The number of pyridine rings is 1. The SMILES string of the molecule is CCOc1ccc2ccc(C)nc2c1. The lowest BCUT2D eigenvalue weighted by Gasteiger charge is -2.04. The molecule has 0 saturated heterocycles. The summed E-state index contributed by atoms with van der Waals surface area (Å²) in [5, 5.41) is 1.15. The van der Waals surface area contributed by atoms with Gasteiger partial charge in [0.15, 0.2) is 0 Å². The zero-order chi connectivity index (χ0) is 9.97. The number of nitrogens with zero attached hydrogens (tertiary/aromatic N) is 1. The van der Waals surface area contributed by atoms with E-state index in [0.29, 0.717) is 6.61 Å². The zero-order valence-corrected chi connectivity index (χ0v) is 8.45. The molecule has 0 unspecified atom stereocenters. The molecule has 0 radical (unpaired) electrons. The van der Waals surface area contributed by atoms with Crippen LogP contribution in [0.2, 0.25) is 0 Å². The maximum absolute atomic E-state index is 5.41. The van der Waals surface area contributed by atoms with Gasteiger partial charge in [0.2, 0.25) is 0 Å². The summed E-state index contributed by atoms with van der Waals surface area (Å²) in [5.74, 6) is 0.887. The minimum absolute atomic E-state index is 0.692. The van der Waals surface area contributed by atoms with E-state index in [-0.39, 0.29) is 0 Å². The van der Waals surface area contributed by atoms with Crippen LogP contribution in [0.15, 0.2) is 30.3 Å². The molecule has 1 aromatic heterocycles. The number of fused-ring (bicyclic) bond motifs is 1. The molecule has 1 aromatic carbocycles. The van der Waals surface area contributed by atoms with Crippen LogP contribution in [0.3, 0.4) is 0 Å². The highest BCUT2D eigenvalue weighted by Crippen LogP contribution is 2.19. The minimum Gasteiger partial charge on any atom is -0.494 e. The van der Waals surface area contributed by atoms with Crippen molar-refractivity contribution < 1.29 is 4.74 Å². The predicted octanol–water partition coefficient (Wildman–Crippen LogP) is 2.94. The van der Waals surface area contributed by atoms with Gasteiger partial charge in [-0.05, 0) is 32.0 Å². The van der Waals surface area contributed by atoms with Crippen molar-refractivity contribution in [2.24, 2.45) is 0 Å². The topological polar surface area (TPSA) is 22.1 Å². The molecule has 2 heteroatoms. The second kappa shape index (κ2) is 3.66. The fourth-order valence-electron chi connectivity index (χ4n) is 1.46. The number of hydrogen-bond acceptors (Lipinski definition) is 2. The van der Waals surface area contributed by atoms with Crippen LogP contribution in [0.5, 0.6) is 5.75 Å². The first-order chi connectivity index (χ1) is 6.79. The van der Waals surface area contributed by atoms with Crippen molar-refractivity contribution in [3.8, 4) is 5.75 Å². The standard InChI is InChI=1S/C12H13NO/c1-3-14-11-7-6-10-5-4-9(2)13-12(10)8-11/h4-8H,3H2,1-2H3. The molecule has 2 rings (SSSR count). The number of aryl methyl sites for hydroxylation is 1. The van der Waals surface area contributed by atoms with Gasteiger partial charge >= 0.3 is 0 Å². The number of benzene rings is 1. The third-order valence-electron chi connectivity index (χ3n) is 2.11. The van der Waals surface area contributed by atoms with Gasteiger partial charge in [-0.3, -0.25) is 4.98 Å². The fraction of sp³-hybridized carbons (Fsp3) is 0.250. The summed E-state index contributed by atoms with van der Waals surface area (Å²) in [6, 6.07) is 10.1. The maximum Gasteiger partial charge on any atom is 0.121 e. The van der Waals surface area contributed by atoms with Crippen molar-refractivity contribution in [3.05, 3.63) is 36.0 Å². The van der Waals surface area contributed by atoms with Crippen LogP contribution in [0, 0.1) is 6.92 Å². The lowest BCUT2D eigenvalue weighted by molar-refractivity contribution is 0.340. The summed E-state index contributed by atoms with van der Waals surface area (Å²) in [7, 11) is 0. The Morgan fingerprint density at radius 3 is 2.79 bits per heavy atom. The van der Waals surface area contributed by atoms with Crippen molar-refractivity contribution in [1.29, 1.82) is 0 Å². The van der Waals surface area contributed by atoms with Crippen molar-refractivity contribution in [2.75, 3.05) is 6.61 Å². The summed E-state index contributed by atoms with van der Waals surface area (Å²) < 4.78 is 5.41. The van der Waals surface area contributed by atoms with E-state index in [9.17, 15) is 0 Å². The van der Waals surface area contributed by atoms with E-state index in [1.807, 2.05) is 38.1 Å². The first kappa shape index (κ1) is 9.00. The van der Waals surface area contributed by atoms with Crippen molar-refractivity contribution >= 4 is 10.9 Å². The largest absolute Gasteiger partial charge is 0.494 e. The molecule has 0 fully saturated rings. The normalized spacial score (nSPS) is 10.4. The second-order valence-corrected chi connectivity index (χ2v) is 3.24. The average Bonchev–Trinajstić information content (AvgIpc) is 2.17. The minimum atomic E-state index is 0.692. The quantitative estimate of drug-likeness (QED) is 0.721. The molecular weight excluding hydrogens is 174 g/mol. The van der Waals surface area contributed by atoms with Crippen molar-refractivity contribution in [3.63, 3.8) is 0 Å². The Kier molecular flexibility index (Phi) is 2.35. The van der Waals surface area contributed by atoms with E-state index in [2.05, 4.69) is 11.1 Å². The lowest BCUT2D eigenvalue weighted by Crippen LogP contribution is -1.91. The van der Waals surface area contributed by atoms with E-state index in [1.165, 1.54) is 0 Å². The molecule has 2 nitrogen and oxygen atoms in total. The van der Waals surface area contributed by atoms with E-state index < -0.39 is 0 Å². The fourth-order valence-corrected chi connectivity index (χ4v) is 1.46. The molecule has 14 heavy (non-hydrogen) atoms. The number of hydrogen-bond donors (Lipinski definition) is 0. The van der Waals surface area contributed by atoms with Crippen LogP contribution < -0.4 is 4.74 Å². The van der Waals surface area contributed by atoms with Crippen molar-refractivity contribution in [1.82, 2.24) is 4.98 Å². The van der Waals surface area contributed by atoms with Crippen LogP contribution >= 0.6 is 0 Å². The molecule has 0 aliphatic heterocycles. The van der Waals surface area contributed by atoms with Crippen LogP contribution in [0.4, 0.5) is 0 Å². The van der Waals surface area contributed by atoms with Gasteiger partial charge < -0.3 is 4.74 Å². The van der Waals surface area contributed by atoms with Gasteiger partial charge in [0.25, 0.3) is 0 Å². The molecule has 2 aromatic rings. The molecule has 0 atom stereocenters. The summed E-state index contributed by atoms with van der Waals surface area (Å²) >= 11 is 0. The van der Waals surface area contributed by atoms with E-state index in [4.69, 9.17) is 4.74 Å². The van der Waals surface area contributed by atoms with Crippen LogP contribution in [0.1, 0.15) is 12.6 Å². The molecule has 0 aliphatic carbocycles. The van der Waals surface area contributed by atoms with Crippen molar-refractivity contribution in [2.45, 2.75) is 13.8 Å². The molecular formula is C12H13NO. The smallest absolute Gasteiger partial charge is 0.121 e. The van der Waals surface area contributed by atoms with E-state index in [1.54, 1.807) is 0 Å². The average molecular weight is 187 g/mol. The predicted molar refractivity (Wildman–Crippen MR) is 57.6 cm³/mol. The van der Waals surface area contributed by atoms with Gasteiger partial charge in [-0.25, -0.2) is 0 Å². The molecule has 0 bridgehead atoms. The Labute approximate surface area is 83.5 Å². The molecule has 0 amide bonds. The number of aromatic nitrogens is 1. The molecule has 0 aliphatic rings. The lowest BCUT2D eigenvalue weighted by atomic mass is 10.2. The zero-order valence-electron chi connectivity index (χ0n) is 8.45. The van der Waals surface area contributed by atoms with Crippen LogP contribution in [-0.4, -0.2) is 11.6 Å². The third kappa shape index (κ3) is 1.69. The molecule has 72 valence electrons. The summed E-state index contributed by atoms with van der Waals surface area (Å²) in [6.07, 6.45) is 0. The van der Waals surface area contributed by atoms with E-state index >= 15 is 0 Å². The Hall–Kier alpha value is -1.57. The van der Waals surface area contributed by atoms with Crippen LogP contribution in [-0.2, 0) is 0 Å². The van der Waals surface area contributed by atoms with Gasteiger partial charge in [0.1, 0.15) is 5.75 Å². The Bertz CT molecular complexity index is 451. The van der Waals surface area contributed by atoms with Crippen LogP contribution in [0.25, 0.3) is 10.9 Å². The Morgan fingerprint density at radius 1 is 1.21 bits per heavy atom. The van der Waals surface area contributed by atoms with E-state index in [0.717, 1.165) is 22.3 Å².